The molecule has 1 saturated heterocycles. The Morgan fingerprint density at radius 2 is 1.91 bits per heavy atom. The minimum atomic E-state index is -4.64. The molecule has 9 nitrogen and oxygen atoms in total. The zero-order valence-corrected chi connectivity index (χ0v) is 17.5. The van der Waals surface area contributed by atoms with E-state index in [2.05, 4.69) is 35.5 Å². The predicted octanol–water partition coefficient (Wildman–Crippen LogP) is 3.00. The molecule has 13 heteroatoms. The van der Waals surface area contributed by atoms with Crippen LogP contribution in [0.25, 0.3) is 17.2 Å². The summed E-state index contributed by atoms with van der Waals surface area (Å²) in [6, 6.07) is 1.06. The second kappa shape index (κ2) is 7.76. The fourth-order valence-electron chi connectivity index (χ4n) is 4.12. The molecular formula is C20H19F4N9. The molecule has 0 bridgehead atoms. The van der Waals surface area contributed by atoms with E-state index in [0.29, 0.717) is 12.4 Å². The molecule has 2 N–H and O–H groups in total. The van der Waals surface area contributed by atoms with Gasteiger partial charge in [0.25, 0.3) is 0 Å². The van der Waals surface area contributed by atoms with Crippen LogP contribution in [0, 0.1) is 5.95 Å². The lowest BCUT2D eigenvalue weighted by Crippen LogP contribution is -2.56. The van der Waals surface area contributed by atoms with Crippen LogP contribution in [-0.4, -0.2) is 53.2 Å². The van der Waals surface area contributed by atoms with Crippen LogP contribution in [0.3, 0.4) is 0 Å². The highest BCUT2D eigenvalue weighted by atomic mass is 19.4. The molecule has 4 aromatic rings. The molecule has 1 aliphatic rings. The summed E-state index contributed by atoms with van der Waals surface area (Å²) in [5.41, 5.74) is 0.138. The van der Waals surface area contributed by atoms with E-state index in [1.807, 2.05) is 18.7 Å². The number of H-pyrrole nitrogens is 1. The minimum Gasteiger partial charge on any atom is -0.350 e. The maximum Gasteiger partial charge on any atom is 0.434 e. The highest BCUT2D eigenvalue weighted by Crippen LogP contribution is 2.31. The number of alkyl halides is 3. The fraction of sp³-hybridized carbons (Fsp3) is 0.350. The predicted molar refractivity (Wildman–Crippen MR) is 110 cm³/mol. The van der Waals surface area contributed by atoms with Gasteiger partial charge in [-0.05, 0) is 13.8 Å². The van der Waals surface area contributed by atoms with Crippen molar-refractivity contribution in [3.63, 3.8) is 0 Å². The molecule has 1 fully saturated rings. The summed E-state index contributed by atoms with van der Waals surface area (Å²) < 4.78 is 55.2. The van der Waals surface area contributed by atoms with Crippen LogP contribution in [0.15, 0.2) is 37.1 Å². The van der Waals surface area contributed by atoms with Crippen LogP contribution in [0.4, 0.5) is 23.4 Å². The van der Waals surface area contributed by atoms with Crippen molar-refractivity contribution in [3.8, 4) is 11.5 Å². The van der Waals surface area contributed by atoms with Crippen LogP contribution >= 0.6 is 0 Å². The third-order valence-electron chi connectivity index (χ3n) is 5.68. The summed E-state index contributed by atoms with van der Waals surface area (Å²) in [7, 11) is 0. The molecule has 0 aliphatic carbocycles. The van der Waals surface area contributed by atoms with E-state index >= 15 is 0 Å². The number of rotatable bonds is 3. The summed E-state index contributed by atoms with van der Waals surface area (Å²) in [6.07, 6.45) is 1.98. The molecule has 0 saturated carbocycles. The highest BCUT2D eigenvalue weighted by molar-refractivity contribution is 5.59. The van der Waals surface area contributed by atoms with Gasteiger partial charge in [0.05, 0.1) is 24.6 Å². The SMILES string of the molecule is CC1CN(c2cc(F)nc(-c3cnc4cnc(C(F)(F)F)cn34)n2)C(C)C(c2cn[nH]c2)N1. The first-order valence-corrected chi connectivity index (χ1v) is 10.2. The first-order chi connectivity index (χ1) is 15.7. The number of aromatic amines is 1. The van der Waals surface area contributed by atoms with Crippen molar-refractivity contribution in [3.05, 3.63) is 54.3 Å². The molecule has 0 spiro atoms. The summed E-state index contributed by atoms with van der Waals surface area (Å²) in [4.78, 5) is 17.7. The number of nitrogens with zero attached hydrogens (tertiary/aromatic N) is 7. The average molecular weight is 461 g/mol. The van der Waals surface area contributed by atoms with Gasteiger partial charge in [-0.15, -0.1) is 0 Å². The number of piperazine rings is 1. The quantitative estimate of drug-likeness (QED) is 0.357. The monoisotopic (exact) mass is 461 g/mol. The molecule has 3 unspecified atom stereocenters. The third-order valence-corrected chi connectivity index (χ3v) is 5.68. The zero-order chi connectivity index (χ0) is 23.3. The van der Waals surface area contributed by atoms with Crippen LogP contribution in [0.1, 0.15) is 31.1 Å². The summed E-state index contributed by atoms with van der Waals surface area (Å²) in [5, 5.41) is 10.3. The maximum atomic E-state index is 14.6. The van der Waals surface area contributed by atoms with Gasteiger partial charge in [0.1, 0.15) is 11.5 Å². The van der Waals surface area contributed by atoms with Crippen molar-refractivity contribution < 1.29 is 17.6 Å². The van der Waals surface area contributed by atoms with Crippen molar-refractivity contribution in [1.82, 2.24) is 39.9 Å². The van der Waals surface area contributed by atoms with Gasteiger partial charge in [0.2, 0.25) is 5.95 Å². The van der Waals surface area contributed by atoms with Crippen molar-refractivity contribution in [2.45, 2.75) is 38.1 Å². The van der Waals surface area contributed by atoms with Crippen molar-refractivity contribution >= 4 is 11.5 Å². The molecule has 33 heavy (non-hydrogen) atoms. The van der Waals surface area contributed by atoms with Gasteiger partial charge in [-0.2, -0.15) is 27.6 Å². The Bertz CT molecular complexity index is 1280. The van der Waals surface area contributed by atoms with Crippen molar-refractivity contribution in [2.75, 3.05) is 11.4 Å². The molecule has 0 radical (unpaired) electrons. The van der Waals surface area contributed by atoms with E-state index in [4.69, 9.17) is 0 Å². The molecule has 0 amide bonds. The Kier molecular flexibility index (Phi) is 5.00. The number of aromatic nitrogens is 7. The number of nitrogens with one attached hydrogen (secondary N) is 2. The van der Waals surface area contributed by atoms with Crippen molar-refractivity contribution in [2.24, 2.45) is 0 Å². The number of fused-ring (bicyclic) bond motifs is 1. The van der Waals surface area contributed by atoms with E-state index in [-0.39, 0.29) is 35.3 Å². The molecule has 3 atom stereocenters. The van der Waals surface area contributed by atoms with Crippen molar-refractivity contribution in [1.29, 1.82) is 0 Å². The number of anilines is 1. The van der Waals surface area contributed by atoms with Gasteiger partial charge in [0.15, 0.2) is 17.2 Å². The Balaban J connectivity index is 1.56. The van der Waals surface area contributed by atoms with Gasteiger partial charge in [-0.25, -0.2) is 15.0 Å². The van der Waals surface area contributed by atoms with E-state index in [0.717, 1.165) is 22.4 Å². The Hall–Kier alpha value is -3.61. The molecule has 172 valence electrons. The van der Waals surface area contributed by atoms with Crippen LogP contribution in [0.5, 0.6) is 0 Å². The molecule has 5 rings (SSSR count). The number of imidazole rings is 1. The third kappa shape index (κ3) is 3.88. The van der Waals surface area contributed by atoms with Gasteiger partial charge in [-0.3, -0.25) is 9.50 Å². The smallest absolute Gasteiger partial charge is 0.350 e. The van der Waals surface area contributed by atoms with E-state index in [1.165, 1.54) is 12.3 Å². The topological polar surface area (TPSA) is 99.9 Å². The standard InChI is InChI=1S/C20H19F4N9/c1-10-8-32(11(2)18(29-10)12-4-27-28-5-12)16-3-15(21)30-19(31-16)13-6-26-17-7-25-14(9-33(13)17)20(22,23)24/h3-7,9-11,18,29H,8H2,1-2H3,(H,27,28). The number of hydrogen-bond donors (Lipinski definition) is 2. The molecule has 1 aliphatic heterocycles. The van der Waals surface area contributed by atoms with E-state index in [9.17, 15) is 17.6 Å². The van der Waals surface area contributed by atoms with Gasteiger partial charge in [-0.1, -0.05) is 0 Å². The summed E-state index contributed by atoms with van der Waals surface area (Å²) in [5.74, 6) is -0.546. The first-order valence-electron chi connectivity index (χ1n) is 10.2. The molecule has 0 aromatic carbocycles. The Labute approximate surface area is 184 Å². The normalized spacial score (nSPS) is 21.6. The average Bonchev–Trinajstić information content (AvgIpc) is 3.43. The van der Waals surface area contributed by atoms with Crippen LogP contribution < -0.4 is 10.2 Å². The second-order valence-electron chi connectivity index (χ2n) is 7.98. The fourth-order valence-corrected chi connectivity index (χ4v) is 4.12. The zero-order valence-electron chi connectivity index (χ0n) is 17.5. The van der Waals surface area contributed by atoms with Gasteiger partial charge < -0.3 is 10.2 Å². The Morgan fingerprint density at radius 3 is 2.64 bits per heavy atom. The van der Waals surface area contributed by atoms with Gasteiger partial charge in [0, 0.05) is 42.7 Å². The first kappa shape index (κ1) is 21.2. The van der Waals surface area contributed by atoms with E-state index < -0.39 is 17.8 Å². The molecular weight excluding hydrogens is 442 g/mol. The number of halogens is 4. The Morgan fingerprint density at radius 1 is 1.09 bits per heavy atom. The summed E-state index contributed by atoms with van der Waals surface area (Å²) >= 11 is 0. The van der Waals surface area contributed by atoms with Crippen LogP contribution in [0.2, 0.25) is 0 Å². The number of hydrogen-bond acceptors (Lipinski definition) is 7. The van der Waals surface area contributed by atoms with Gasteiger partial charge >= 0.3 is 6.18 Å². The summed E-state index contributed by atoms with van der Waals surface area (Å²) in [6.45, 7) is 4.52. The maximum absolute atomic E-state index is 14.6. The van der Waals surface area contributed by atoms with E-state index in [1.54, 1.807) is 12.4 Å². The molecule has 5 heterocycles. The lowest BCUT2D eigenvalue weighted by Gasteiger charge is -2.43. The highest BCUT2D eigenvalue weighted by Gasteiger charge is 2.35. The largest absolute Gasteiger partial charge is 0.434 e. The minimum absolute atomic E-state index is 0.0544. The van der Waals surface area contributed by atoms with Crippen LogP contribution in [-0.2, 0) is 6.18 Å². The lowest BCUT2D eigenvalue weighted by atomic mass is 9.97. The second-order valence-corrected chi connectivity index (χ2v) is 7.98. The lowest BCUT2D eigenvalue weighted by molar-refractivity contribution is -0.141. The molecule has 4 aromatic heterocycles.